The van der Waals surface area contributed by atoms with Crippen molar-refractivity contribution in [3.63, 3.8) is 0 Å². The van der Waals surface area contributed by atoms with Gasteiger partial charge in [-0.25, -0.2) is 13.1 Å². The second-order valence-corrected chi connectivity index (χ2v) is 6.22. The minimum atomic E-state index is -3.28. The van der Waals surface area contributed by atoms with E-state index in [1.165, 1.54) is 0 Å². The average Bonchev–Trinajstić information content (AvgIpc) is 2.17. The Balaban J connectivity index is 3.83. The van der Waals surface area contributed by atoms with Crippen molar-refractivity contribution in [2.45, 2.75) is 32.4 Å². The number of sulfonamides is 1. The predicted molar refractivity (Wildman–Crippen MR) is 65.7 cm³/mol. The van der Waals surface area contributed by atoms with Crippen molar-refractivity contribution in [1.82, 2.24) is 4.72 Å². The fourth-order valence-corrected chi connectivity index (χ4v) is 2.50. The molecule has 0 radical (unpaired) electrons. The molecular formula is C10H24N2O3S. The summed E-state index contributed by atoms with van der Waals surface area (Å²) in [5.74, 6) is 0.462. The van der Waals surface area contributed by atoms with Crippen LogP contribution in [0.2, 0.25) is 0 Å². The predicted octanol–water partition coefficient (Wildman–Crippen LogP) is 0.316. The van der Waals surface area contributed by atoms with Crippen LogP contribution in [0.5, 0.6) is 0 Å². The van der Waals surface area contributed by atoms with Crippen molar-refractivity contribution in [1.29, 1.82) is 0 Å². The van der Waals surface area contributed by atoms with Crippen LogP contribution in [-0.2, 0) is 14.8 Å². The van der Waals surface area contributed by atoms with E-state index < -0.39 is 15.3 Å². The van der Waals surface area contributed by atoms with Crippen LogP contribution in [-0.4, -0.2) is 40.0 Å². The average molecular weight is 252 g/mol. The third kappa shape index (κ3) is 6.42. The molecule has 98 valence electrons. The van der Waals surface area contributed by atoms with Gasteiger partial charge in [0.1, 0.15) is 0 Å². The highest BCUT2D eigenvalue weighted by molar-refractivity contribution is 7.90. The molecule has 0 aliphatic heterocycles. The summed E-state index contributed by atoms with van der Waals surface area (Å²) in [6.07, 6.45) is 0.526. The lowest BCUT2D eigenvalue weighted by atomic mass is 10.2. The van der Waals surface area contributed by atoms with Gasteiger partial charge in [-0.2, -0.15) is 0 Å². The largest absolute Gasteiger partial charge is 0.380 e. The van der Waals surface area contributed by atoms with Crippen LogP contribution in [0.1, 0.15) is 27.2 Å². The number of ether oxygens (including phenoxy) is 1. The van der Waals surface area contributed by atoms with Crippen molar-refractivity contribution in [2.75, 3.05) is 26.3 Å². The molecule has 6 heteroatoms. The van der Waals surface area contributed by atoms with Gasteiger partial charge in [0, 0.05) is 19.7 Å². The molecule has 0 fully saturated rings. The van der Waals surface area contributed by atoms with Gasteiger partial charge < -0.3 is 10.5 Å². The third-order valence-corrected chi connectivity index (χ3v) is 4.17. The van der Waals surface area contributed by atoms with Crippen LogP contribution < -0.4 is 10.5 Å². The van der Waals surface area contributed by atoms with E-state index in [0.29, 0.717) is 32.1 Å². The SMILES string of the molecule is CCC(CN)S(=O)(=O)NCCOCC(C)C. The lowest BCUT2D eigenvalue weighted by Gasteiger charge is -2.14. The Morgan fingerprint density at radius 3 is 2.44 bits per heavy atom. The maximum atomic E-state index is 11.6. The molecule has 1 unspecified atom stereocenters. The van der Waals surface area contributed by atoms with E-state index in [2.05, 4.69) is 4.72 Å². The zero-order chi connectivity index (χ0) is 12.6. The Hall–Kier alpha value is -0.170. The Labute approximate surface area is 98.8 Å². The first-order valence-corrected chi connectivity index (χ1v) is 7.25. The smallest absolute Gasteiger partial charge is 0.215 e. The quantitative estimate of drug-likeness (QED) is 0.579. The Bertz CT molecular complexity index is 261. The highest BCUT2D eigenvalue weighted by Gasteiger charge is 2.21. The summed E-state index contributed by atoms with van der Waals surface area (Å²) in [7, 11) is -3.28. The summed E-state index contributed by atoms with van der Waals surface area (Å²) in [6, 6.07) is 0. The van der Waals surface area contributed by atoms with E-state index in [1.54, 1.807) is 0 Å². The molecule has 0 aliphatic rings. The lowest BCUT2D eigenvalue weighted by molar-refractivity contribution is 0.114. The Morgan fingerprint density at radius 1 is 1.38 bits per heavy atom. The summed E-state index contributed by atoms with van der Waals surface area (Å²) < 4.78 is 31.1. The minimum absolute atomic E-state index is 0.151. The van der Waals surface area contributed by atoms with Gasteiger partial charge in [0.15, 0.2) is 0 Å². The van der Waals surface area contributed by atoms with Gasteiger partial charge in [0.25, 0.3) is 0 Å². The first-order valence-electron chi connectivity index (χ1n) is 5.70. The van der Waals surface area contributed by atoms with Crippen LogP contribution in [0.3, 0.4) is 0 Å². The topological polar surface area (TPSA) is 81.4 Å². The maximum Gasteiger partial charge on any atom is 0.215 e. The molecule has 0 bridgehead atoms. The van der Waals surface area contributed by atoms with Gasteiger partial charge in [-0.1, -0.05) is 20.8 Å². The molecule has 0 rings (SSSR count). The molecule has 3 N–H and O–H groups in total. The van der Waals surface area contributed by atoms with Crippen molar-refractivity contribution in [3.8, 4) is 0 Å². The summed E-state index contributed by atoms with van der Waals surface area (Å²) in [4.78, 5) is 0. The summed E-state index contributed by atoms with van der Waals surface area (Å²) in [5.41, 5.74) is 5.39. The van der Waals surface area contributed by atoms with Crippen LogP contribution in [0.25, 0.3) is 0 Å². The minimum Gasteiger partial charge on any atom is -0.380 e. The molecule has 0 saturated carbocycles. The zero-order valence-corrected chi connectivity index (χ0v) is 11.2. The Morgan fingerprint density at radius 2 is 2.00 bits per heavy atom. The number of rotatable bonds is 9. The van der Waals surface area contributed by atoms with Crippen LogP contribution in [0.4, 0.5) is 0 Å². The fraction of sp³-hybridized carbons (Fsp3) is 1.00. The zero-order valence-electron chi connectivity index (χ0n) is 10.4. The number of hydrogen-bond acceptors (Lipinski definition) is 4. The molecular weight excluding hydrogens is 228 g/mol. The van der Waals surface area contributed by atoms with Gasteiger partial charge in [-0.15, -0.1) is 0 Å². The standard InChI is InChI=1S/C10H24N2O3S/c1-4-10(7-11)16(13,14)12-5-6-15-8-9(2)3/h9-10,12H,4-8,11H2,1-3H3. The van der Waals surface area contributed by atoms with Crippen LogP contribution in [0.15, 0.2) is 0 Å². The first kappa shape index (κ1) is 15.8. The number of nitrogens with one attached hydrogen (secondary N) is 1. The molecule has 16 heavy (non-hydrogen) atoms. The molecule has 0 aromatic rings. The van der Waals surface area contributed by atoms with Crippen LogP contribution >= 0.6 is 0 Å². The maximum absolute atomic E-state index is 11.6. The van der Waals surface area contributed by atoms with Crippen molar-refractivity contribution in [3.05, 3.63) is 0 Å². The summed E-state index contributed by atoms with van der Waals surface area (Å²) in [5, 5.41) is -0.502. The first-order chi connectivity index (χ1) is 7.44. The van der Waals surface area contributed by atoms with Crippen molar-refractivity contribution < 1.29 is 13.2 Å². The number of hydrogen-bond donors (Lipinski definition) is 2. The Kier molecular flexibility index (Phi) is 7.91. The normalized spacial score (nSPS) is 14.3. The van der Waals surface area contributed by atoms with Crippen molar-refractivity contribution >= 4 is 10.0 Å². The lowest BCUT2D eigenvalue weighted by Crippen LogP contribution is -2.40. The van der Waals surface area contributed by atoms with Crippen molar-refractivity contribution in [2.24, 2.45) is 11.7 Å². The highest BCUT2D eigenvalue weighted by atomic mass is 32.2. The third-order valence-electron chi connectivity index (χ3n) is 2.16. The second-order valence-electron chi connectivity index (χ2n) is 4.17. The molecule has 0 saturated heterocycles. The van der Waals surface area contributed by atoms with E-state index in [9.17, 15) is 8.42 Å². The van der Waals surface area contributed by atoms with E-state index in [1.807, 2.05) is 20.8 Å². The molecule has 0 aromatic carbocycles. The van der Waals surface area contributed by atoms with Gasteiger partial charge in [0.05, 0.1) is 11.9 Å². The van der Waals surface area contributed by atoms with E-state index >= 15 is 0 Å². The number of nitrogens with two attached hydrogens (primary N) is 1. The van der Waals surface area contributed by atoms with E-state index in [-0.39, 0.29) is 6.54 Å². The molecule has 1 atom stereocenters. The molecule has 0 aromatic heterocycles. The highest BCUT2D eigenvalue weighted by Crippen LogP contribution is 2.01. The monoisotopic (exact) mass is 252 g/mol. The van der Waals surface area contributed by atoms with Gasteiger partial charge in [-0.05, 0) is 12.3 Å². The van der Waals surface area contributed by atoms with Gasteiger partial charge in [0.2, 0.25) is 10.0 Å². The van der Waals surface area contributed by atoms with Gasteiger partial charge in [-0.3, -0.25) is 0 Å². The summed E-state index contributed by atoms with van der Waals surface area (Å²) >= 11 is 0. The van der Waals surface area contributed by atoms with Gasteiger partial charge >= 0.3 is 0 Å². The molecule has 0 spiro atoms. The van der Waals surface area contributed by atoms with E-state index in [4.69, 9.17) is 10.5 Å². The molecule has 0 amide bonds. The fourth-order valence-electron chi connectivity index (χ4n) is 1.21. The molecule has 0 aliphatic carbocycles. The second kappa shape index (κ2) is 8.00. The van der Waals surface area contributed by atoms with E-state index in [0.717, 1.165) is 0 Å². The summed E-state index contributed by atoms with van der Waals surface area (Å²) in [6.45, 7) is 7.42. The molecule has 5 nitrogen and oxygen atoms in total. The van der Waals surface area contributed by atoms with Crippen LogP contribution in [0, 0.1) is 5.92 Å². The molecule has 0 heterocycles.